The number of hydrogen-bond donors (Lipinski definition) is 1. The van der Waals surface area contributed by atoms with Crippen LogP contribution in [0.3, 0.4) is 0 Å². The first-order chi connectivity index (χ1) is 14.7. The van der Waals surface area contributed by atoms with Gasteiger partial charge in [-0.15, -0.1) is 0 Å². The topological polar surface area (TPSA) is 64.7 Å². The molecule has 1 aliphatic rings. The summed E-state index contributed by atoms with van der Waals surface area (Å²) in [5.74, 6) is -0.314. The largest absolute Gasteiger partial charge is 0.349 e. The highest BCUT2D eigenvalue weighted by molar-refractivity contribution is 5.78. The Morgan fingerprint density at radius 1 is 1.17 bits per heavy atom. The van der Waals surface area contributed by atoms with E-state index in [1.165, 1.54) is 6.07 Å². The lowest BCUT2D eigenvalue weighted by Gasteiger charge is -2.24. The molecule has 1 N–H and O–H groups in total. The van der Waals surface area contributed by atoms with Gasteiger partial charge in [0.25, 0.3) is 0 Å². The molecule has 5 rings (SSSR count). The number of aryl methyl sites for hydroxylation is 1. The number of aromatic nitrogens is 4. The van der Waals surface area contributed by atoms with Gasteiger partial charge >= 0.3 is 0 Å². The monoisotopic (exact) mass is 403 g/mol. The Morgan fingerprint density at radius 3 is 2.90 bits per heavy atom. The molecule has 30 heavy (non-hydrogen) atoms. The minimum absolute atomic E-state index is 0.00993. The Kier molecular flexibility index (Phi) is 4.78. The van der Waals surface area contributed by atoms with Gasteiger partial charge in [0.2, 0.25) is 5.91 Å². The average Bonchev–Trinajstić information content (AvgIpc) is 3.38. The number of carbonyl (C=O) groups is 1. The van der Waals surface area contributed by atoms with Crippen LogP contribution in [-0.2, 0) is 17.8 Å². The van der Waals surface area contributed by atoms with Crippen LogP contribution < -0.4 is 5.32 Å². The number of carbonyl (C=O) groups excluding carboxylic acids is 1. The summed E-state index contributed by atoms with van der Waals surface area (Å²) in [6, 6.07) is 14.4. The predicted octanol–water partition coefficient (Wildman–Crippen LogP) is 3.95. The number of imidazole rings is 1. The molecule has 0 bridgehead atoms. The van der Waals surface area contributed by atoms with Crippen LogP contribution in [0.15, 0.2) is 61.1 Å². The van der Waals surface area contributed by atoms with Crippen molar-refractivity contribution in [3.8, 4) is 5.69 Å². The number of fused-ring (bicyclic) bond motifs is 2. The van der Waals surface area contributed by atoms with E-state index in [4.69, 9.17) is 0 Å². The van der Waals surface area contributed by atoms with Crippen LogP contribution in [0.4, 0.5) is 4.39 Å². The zero-order chi connectivity index (χ0) is 20.5. The van der Waals surface area contributed by atoms with E-state index >= 15 is 0 Å². The van der Waals surface area contributed by atoms with E-state index in [1.807, 2.05) is 28.8 Å². The molecule has 0 saturated carbocycles. The van der Waals surface area contributed by atoms with Gasteiger partial charge in [0.05, 0.1) is 29.6 Å². The second-order valence-corrected chi connectivity index (χ2v) is 7.60. The standard InChI is InChI=1S/C23H22FN5O/c24-17-6-1-3-9-21(17)29-20-11-5-8-18(16(20)14-26-29)27-23(30)12-13-28-15-25-19-7-2-4-10-22(19)28/h1-4,6-7,9-10,14-15,18H,5,8,11-13H2,(H,27,30). The fraction of sp³-hybridized carbons (Fsp3) is 0.261. The lowest BCUT2D eigenvalue weighted by molar-refractivity contribution is -0.122. The van der Waals surface area contributed by atoms with Gasteiger partial charge in [-0.2, -0.15) is 5.10 Å². The van der Waals surface area contributed by atoms with Crippen molar-refractivity contribution in [1.82, 2.24) is 24.6 Å². The van der Waals surface area contributed by atoms with Gasteiger partial charge in [-0.1, -0.05) is 24.3 Å². The summed E-state index contributed by atoms with van der Waals surface area (Å²) >= 11 is 0. The summed E-state index contributed by atoms with van der Waals surface area (Å²) in [4.78, 5) is 17.0. The van der Waals surface area contributed by atoms with E-state index in [-0.39, 0.29) is 17.8 Å². The van der Waals surface area contributed by atoms with Crippen LogP contribution in [-0.4, -0.2) is 25.2 Å². The molecule has 2 aromatic carbocycles. The van der Waals surface area contributed by atoms with Crippen molar-refractivity contribution in [2.24, 2.45) is 0 Å². The lowest BCUT2D eigenvalue weighted by Crippen LogP contribution is -2.31. The number of nitrogens with zero attached hydrogens (tertiary/aromatic N) is 4. The van der Waals surface area contributed by atoms with Crippen molar-refractivity contribution >= 4 is 16.9 Å². The van der Waals surface area contributed by atoms with Gasteiger partial charge in [0.1, 0.15) is 11.5 Å². The number of nitrogens with one attached hydrogen (secondary N) is 1. The minimum Gasteiger partial charge on any atom is -0.349 e. The molecule has 2 heterocycles. The number of amides is 1. The van der Waals surface area contributed by atoms with Crippen LogP contribution in [0.2, 0.25) is 0 Å². The highest BCUT2D eigenvalue weighted by Crippen LogP contribution is 2.31. The Morgan fingerprint density at radius 2 is 2.00 bits per heavy atom. The molecule has 6 nitrogen and oxygen atoms in total. The third kappa shape index (κ3) is 3.36. The zero-order valence-corrected chi connectivity index (χ0v) is 16.5. The minimum atomic E-state index is -0.304. The molecule has 1 atom stereocenters. The summed E-state index contributed by atoms with van der Waals surface area (Å²) in [6.45, 7) is 0.570. The van der Waals surface area contributed by atoms with E-state index in [0.717, 1.165) is 41.6 Å². The quantitative estimate of drug-likeness (QED) is 0.549. The molecule has 152 valence electrons. The lowest BCUT2D eigenvalue weighted by atomic mass is 9.92. The van der Waals surface area contributed by atoms with Crippen LogP contribution in [0.25, 0.3) is 16.7 Å². The first-order valence-electron chi connectivity index (χ1n) is 10.2. The number of rotatable bonds is 5. The van der Waals surface area contributed by atoms with Crippen molar-refractivity contribution in [3.05, 3.63) is 78.1 Å². The van der Waals surface area contributed by atoms with Gasteiger partial charge < -0.3 is 9.88 Å². The fourth-order valence-corrected chi connectivity index (χ4v) is 4.21. The summed E-state index contributed by atoms with van der Waals surface area (Å²) < 4.78 is 17.9. The molecular formula is C23H22FN5O. The Labute approximate surface area is 173 Å². The average molecular weight is 403 g/mol. The van der Waals surface area contributed by atoms with Crippen molar-refractivity contribution in [1.29, 1.82) is 0 Å². The first-order valence-corrected chi connectivity index (χ1v) is 10.2. The third-order valence-electron chi connectivity index (χ3n) is 5.71. The summed E-state index contributed by atoms with van der Waals surface area (Å²) in [5, 5.41) is 7.57. The molecule has 1 aliphatic carbocycles. The van der Waals surface area contributed by atoms with Crippen LogP contribution in [0.5, 0.6) is 0 Å². The van der Waals surface area contributed by atoms with Gasteiger partial charge in [-0.25, -0.2) is 14.1 Å². The number of para-hydroxylation sites is 3. The van der Waals surface area contributed by atoms with Crippen LogP contribution in [0, 0.1) is 5.82 Å². The van der Waals surface area contributed by atoms with Gasteiger partial charge in [-0.05, 0) is 43.5 Å². The van der Waals surface area contributed by atoms with E-state index < -0.39 is 0 Å². The first kappa shape index (κ1) is 18.5. The molecule has 0 radical (unpaired) electrons. The molecule has 0 spiro atoms. The molecular weight excluding hydrogens is 381 g/mol. The third-order valence-corrected chi connectivity index (χ3v) is 5.71. The highest BCUT2D eigenvalue weighted by Gasteiger charge is 2.26. The maximum Gasteiger partial charge on any atom is 0.222 e. The van der Waals surface area contributed by atoms with Crippen molar-refractivity contribution in [2.75, 3.05) is 0 Å². The van der Waals surface area contributed by atoms with E-state index in [2.05, 4.69) is 15.4 Å². The van der Waals surface area contributed by atoms with Gasteiger partial charge in [-0.3, -0.25) is 4.79 Å². The maximum absolute atomic E-state index is 14.2. The van der Waals surface area contributed by atoms with Crippen LogP contribution >= 0.6 is 0 Å². The summed E-state index contributed by atoms with van der Waals surface area (Å²) in [5.41, 5.74) is 4.34. The molecule has 1 amide bonds. The van der Waals surface area contributed by atoms with Crippen molar-refractivity contribution in [2.45, 2.75) is 38.3 Å². The predicted molar refractivity (Wildman–Crippen MR) is 112 cm³/mol. The molecule has 0 aliphatic heterocycles. The van der Waals surface area contributed by atoms with Crippen LogP contribution in [0.1, 0.15) is 36.6 Å². The number of hydrogen-bond acceptors (Lipinski definition) is 3. The van der Waals surface area contributed by atoms with E-state index in [0.29, 0.717) is 18.7 Å². The van der Waals surface area contributed by atoms with Gasteiger partial charge in [0.15, 0.2) is 0 Å². The second kappa shape index (κ2) is 7.74. The Balaban J connectivity index is 1.30. The Bertz CT molecular complexity index is 1210. The molecule has 2 aromatic heterocycles. The highest BCUT2D eigenvalue weighted by atomic mass is 19.1. The molecule has 0 fully saturated rings. The fourth-order valence-electron chi connectivity index (χ4n) is 4.21. The summed E-state index contributed by atoms with van der Waals surface area (Å²) in [7, 11) is 0. The number of benzene rings is 2. The smallest absolute Gasteiger partial charge is 0.222 e. The number of halogens is 1. The molecule has 4 aromatic rings. The van der Waals surface area contributed by atoms with Gasteiger partial charge in [0, 0.05) is 24.2 Å². The molecule has 0 saturated heterocycles. The zero-order valence-electron chi connectivity index (χ0n) is 16.5. The normalized spacial score (nSPS) is 15.8. The molecule has 1 unspecified atom stereocenters. The van der Waals surface area contributed by atoms with E-state index in [9.17, 15) is 9.18 Å². The second-order valence-electron chi connectivity index (χ2n) is 7.60. The Hall–Kier alpha value is -3.48. The SMILES string of the molecule is O=C(CCn1cnc2ccccc21)NC1CCCc2c1cnn2-c1ccccc1F. The van der Waals surface area contributed by atoms with Crippen molar-refractivity contribution < 1.29 is 9.18 Å². The maximum atomic E-state index is 14.2. The van der Waals surface area contributed by atoms with Crippen molar-refractivity contribution in [3.63, 3.8) is 0 Å². The van der Waals surface area contributed by atoms with E-state index in [1.54, 1.807) is 35.4 Å². The summed E-state index contributed by atoms with van der Waals surface area (Å²) in [6.07, 6.45) is 6.50. The molecule has 7 heteroatoms.